The first-order valence-electron chi connectivity index (χ1n) is 12.3. The van der Waals surface area contributed by atoms with Gasteiger partial charge in [0, 0.05) is 23.2 Å². The average Bonchev–Trinajstić information content (AvgIpc) is 3.47. The molecule has 1 heterocycles. The van der Waals surface area contributed by atoms with Gasteiger partial charge in [-0.25, -0.2) is 4.39 Å². The van der Waals surface area contributed by atoms with Crippen molar-refractivity contribution in [2.24, 2.45) is 5.92 Å². The van der Waals surface area contributed by atoms with Crippen LogP contribution < -0.4 is 5.32 Å². The highest BCUT2D eigenvalue weighted by molar-refractivity contribution is 5.76. The van der Waals surface area contributed by atoms with Crippen LogP contribution in [-0.4, -0.2) is 21.3 Å². The number of aromatic hydroxyl groups is 1. The lowest BCUT2D eigenvalue weighted by molar-refractivity contribution is 0.222. The molecular weight excluding hydrogens is 441 g/mol. The van der Waals surface area contributed by atoms with Crippen LogP contribution in [0.4, 0.5) is 4.39 Å². The number of phenols is 1. The van der Waals surface area contributed by atoms with Crippen LogP contribution in [0.3, 0.4) is 0 Å². The van der Waals surface area contributed by atoms with E-state index in [0.29, 0.717) is 29.0 Å². The fourth-order valence-electron chi connectivity index (χ4n) is 5.54. The van der Waals surface area contributed by atoms with Crippen LogP contribution in [0.25, 0.3) is 34.0 Å². The molecule has 0 saturated heterocycles. The first-order valence-corrected chi connectivity index (χ1v) is 12.3. The van der Waals surface area contributed by atoms with E-state index in [4.69, 9.17) is 4.52 Å². The molecule has 4 aromatic rings. The molecule has 2 aliphatic carbocycles. The van der Waals surface area contributed by atoms with E-state index < -0.39 is 5.82 Å². The Morgan fingerprint density at radius 2 is 1.86 bits per heavy atom. The first-order chi connectivity index (χ1) is 17.0. The summed E-state index contributed by atoms with van der Waals surface area (Å²) in [5, 5.41) is 18.1. The third kappa shape index (κ3) is 4.02. The molecule has 2 aliphatic rings. The van der Waals surface area contributed by atoms with Crippen molar-refractivity contribution in [3.8, 4) is 39.7 Å². The molecule has 6 heteroatoms. The summed E-state index contributed by atoms with van der Waals surface area (Å²) < 4.78 is 20.6. The maximum atomic E-state index is 15.1. The SMILES string of the molecule is Cc1cc(-c2nc(-c3ccc4c(c3)CCC4NC3CC(C)C3)no2)c(F)cc1-c1ccccc1O. The van der Waals surface area contributed by atoms with E-state index in [1.807, 2.05) is 19.1 Å². The fraction of sp³-hybridized carbons (Fsp3) is 0.310. The van der Waals surface area contributed by atoms with Gasteiger partial charge < -0.3 is 14.9 Å². The number of hydrogen-bond donors (Lipinski definition) is 2. The van der Waals surface area contributed by atoms with Crippen LogP contribution in [0, 0.1) is 18.7 Å². The zero-order chi connectivity index (χ0) is 24.1. The number of nitrogens with one attached hydrogen (secondary N) is 1. The number of halogens is 1. The second-order valence-corrected chi connectivity index (χ2v) is 10.0. The topological polar surface area (TPSA) is 71.2 Å². The Labute approximate surface area is 204 Å². The van der Waals surface area contributed by atoms with Crippen molar-refractivity contribution in [2.45, 2.75) is 51.6 Å². The summed E-state index contributed by atoms with van der Waals surface area (Å²) in [5.41, 5.74) is 5.81. The Balaban J connectivity index is 1.25. The minimum atomic E-state index is -0.475. The van der Waals surface area contributed by atoms with Crippen molar-refractivity contribution in [1.29, 1.82) is 0 Å². The van der Waals surface area contributed by atoms with E-state index in [2.05, 4.69) is 34.5 Å². The van der Waals surface area contributed by atoms with Gasteiger partial charge in [-0.3, -0.25) is 0 Å². The monoisotopic (exact) mass is 469 g/mol. The normalized spacial score (nSPS) is 21.1. The van der Waals surface area contributed by atoms with Crippen LogP contribution in [-0.2, 0) is 6.42 Å². The number of nitrogens with zero attached hydrogens (tertiary/aromatic N) is 2. The summed E-state index contributed by atoms with van der Waals surface area (Å²) in [6, 6.07) is 17.4. The number of hydrogen-bond acceptors (Lipinski definition) is 5. The second-order valence-electron chi connectivity index (χ2n) is 10.0. The van der Waals surface area contributed by atoms with Crippen LogP contribution in [0.15, 0.2) is 59.1 Å². The standard InChI is InChI=1S/C29H28FN3O2/c1-16-11-20(12-16)31-26-10-8-18-14-19(7-9-21(18)26)28-32-29(35-33-28)24-13-17(2)23(15-25(24)30)22-5-3-4-6-27(22)34/h3-7,9,13-16,20,26,31,34H,8,10-12H2,1-2H3. The van der Waals surface area contributed by atoms with Gasteiger partial charge in [0.15, 0.2) is 0 Å². The molecule has 1 atom stereocenters. The molecule has 1 fully saturated rings. The lowest BCUT2D eigenvalue weighted by Gasteiger charge is -2.36. The first kappa shape index (κ1) is 22.0. The van der Waals surface area contributed by atoms with Crippen LogP contribution in [0.1, 0.15) is 48.9 Å². The van der Waals surface area contributed by atoms with E-state index in [9.17, 15) is 5.11 Å². The predicted octanol–water partition coefficient (Wildman–Crippen LogP) is 6.60. The number of fused-ring (bicyclic) bond motifs is 1. The third-order valence-electron chi connectivity index (χ3n) is 7.45. The minimum absolute atomic E-state index is 0.110. The number of benzene rings is 3. The fourth-order valence-corrected chi connectivity index (χ4v) is 5.54. The largest absolute Gasteiger partial charge is 0.507 e. The molecule has 5 nitrogen and oxygen atoms in total. The van der Waals surface area contributed by atoms with Crippen molar-refractivity contribution >= 4 is 0 Å². The number of para-hydroxylation sites is 1. The van der Waals surface area contributed by atoms with Gasteiger partial charge in [0.25, 0.3) is 5.89 Å². The molecule has 1 aromatic heterocycles. The van der Waals surface area contributed by atoms with Crippen molar-refractivity contribution in [3.05, 3.63) is 77.1 Å². The molecule has 178 valence electrons. The Hall–Kier alpha value is -3.51. The molecule has 0 radical (unpaired) electrons. The maximum absolute atomic E-state index is 15.1. The van der Waals surface area contributed by atoms with Crippen LogP contribution in [0.2, 0.25) is 0 Å². The van der Waals surface area contributed by atoms with E-state index in [0.717, 1.165) is 29.9 Å². The molecular formula is C29H28FN3O2. The lowest BCUT2D eigenvalue weighted by atomic mass is 9.81. The van der Waals surface area contributed by atoms with Crippen LogP contribution >= 0.6 is 0 Å². The van der Waals surface area contributed by atoms with Gasteiger partial charge in [0.05, 0.1) is 5.56 Å². The van der Waals surface area contributed by atoms with Crippen molar-refractivity contribution in [2.75, 3.05) is 0 Å². The van der Waals surface area contributed by atoms with Crippen molar-refractivity contribution < 1.29 is 14.0 Å². The lowest BCUT2D eigenvalue weighted by Crippen LogP contribution is -2.41. The predicted molar refractivity (Wildman–Crippen MR) is 133 cm³/mol. The molecule has 2 N–H and O–H groups in total. The number of phenolic OH excluding ortho intramolecular Hbond substituents is 1. The molecule has 6 rings (SSSR count). The molecule has 1 unspecified atom stereocenters. The zero-order valence-corrected chi connectivity index (χ0v) is 19.9. The maximum Gasteiger partial charge on any atom is 0.261 e. The smallest absolute Gasteiger partial charge is 0.261 e. The Bertz CT molecular complexity index is 1410. The van der Waals surface area contributed by atoms with Gasteiger partial charge in [0.2, 0.25) is 5.82 Å². The summed E-state index contributed by atoms with van der Waals surface area (Å²) >= 11 is 0. The second kappa shape index (κ2) is 8.61. The van der Waals surface area contributed by atoms with Gasteiger partial charge in [-0.15, -0.1) is 0 Å². The van der Waals surface area contributed by atoms with E-state index in [1.54, 1.807) is 24.3 Å². The molecule has 1 saturated carbocycles. The van der Waals surface area contributed by atoms with Crippen molar-refractivity contribution in [3.63, 3.8) is 0 Å². The van der Waals surface area contributed by atoms with E-state index in [-0.39, 0.29) is 17.2 Å². The molecule has 0 aliphatic heterocycles. The van der Waals surface area contributed by atoms with Gasteiger partial charge >= 0.3 is 0 Å². The molecule has 3 aromatic carbocycles. The zero-order valence-electron chi connectivity index (χ0n) is 19.9. The van der Waals surface area contributed by atoms with Gasteiger partial charge in [-0.2, -0.15) is 4.98 Å². The number of aromatic nitrogens is 2. The average molecular weight is 470 g/mol. The number of rotatable bonds is 5. The highest BCUT2D eigenvalue weighted by Gasteiger charge is 2.31. The van der Waals surface area contributed by atoms with Crippen LogP contribution in [0.5, 0.6) is 5.75 Å². The molecule has 0 bridgehead atoms. The Kier molecular flexibility index (Phi) is 5.41. The van der Waals surface area contributed by atoms with Gasteiger partial charge in [-0.05, 0) is 85.0 Å². The summed E-state index contributed by atoms with van der Waals surface area (Å²) in [7, 11) is 0. The van der Waals surface area contributed by atoms with Gasteiger partial charge in [-0.1, -0.05) is 42.4 Å². The summed E-state index contributed by atoms with van der Waals surface area (Å²) in [4.78, 5) is 4.51. The Morgan fingerprint density at radius 3 is 2.66 bits per heavy atom. The Morgan fingerprint density at radius 1 is 1.03 bits per heavy atom. The summed E-state index contributed by atoms with van der Waals surface area (Å²) in [5.74, 6) is 1.06. The molecule has 0 amide bonds. The van der Waals surface area contributed by atoms with E-state index in [1.165, 1.54) is 30.0 Å². The highest BCUT2D eigenvalue weighted by Crippen LogP contribution is 2.38. The summed E-state index contributed by atoms with van der Waals surface area (Å²) in [6.07, 6.45) is 4.66. The molecule has 35 heavy (non-hydrogen) atoms. The highest BCUT2D eigenvalue weighted by atomic mass is 19.1. The van der Waals surface area contributed by atoms with Crippen molar-refractivity contribution in [1.82, 2.24) is 15.5 Å². The molecule has 0 spiro atoms. The quantitative estimate of drug-likeness (QED) is 0.345. The summed E-state index contributed by atoms with van der Waals surface area (Å²) in [6.45, 7) is 4.18. The third-order valence-corrected chi connectivity index (χ3v) is 7.45. The number of aryl methyl sites for hydroxylation is 2. The van der Waals surface area contributed by atoms with Gasteiger partial charge in [0.1, 0.15) is 11.6 Å². The minimum Gasteiger partial charge on any atom is -0.507 e. The van der Waals surface area contributed by atoms with E-state index >= 15 is 4.39 Å².